The Bertz CT molecular complexity index is 453. The second kappa shape index (κ2) is 8.74. The summed E-state index contributed by atoms with van der Waals surface area (Å²) in [5.74, 6) is -0.548. The summed E-state index contributed by atoms with van der Waals surface area (Å²) in [6.45, 7) is 2.01. The molecule has 2 amide bonds. The lowest BCUT2D eigenvalue weighted by Gasteiger charge is -2.08. The van der Waals surface area contributed by atoms with Crippen molar-refractivity contribution in [3.05, 3.63) is 28.8 Å². The Hall–Kier alpha value is -1.30. The van der Waals surface area contributed by atoms with E-state index in [1.807, 2.05) is 13.0 Å². The monoisotopic (exact) mass is 305 g/mol. The van der Waals surface area contributed by atoms with Crippen molar-refractivity contribution in [2.75, 3.05) is 25.5 Å². The van der Waals surface area contributed by atoms with Crippen LogP contribution < -0.4 is 16.0 Å². The average Bonchev–Trinajstić information content (AvgIpc) is 2.31. The quantitative estimate of drug-likeness (QED) is 0.769. The van der Waals surface area contributed by atoms with Crippen molar-refractivity contribution < 1.29 is 9.59 Å². The summed E-state index contributed by atoms with van der Waals surface area (Å²) in [4.78, 5) is 22.7. The first-order valence-corrected chi connectivity index (χ1v) is 5.88. The van der Waals surface area contributed by atoms with Crippen LogP contribution in [-0.4, -0.2) is 32.0 Å². The van der Waals surface area contributed by atoms with Crippen molar-refractivity contribution in [3.63, 3.8) is 0 Å². The molecule has 0 atom stereocenters. The minimum Gasteiger partial charge on any atom is -0.346 e. The Morgan fingerprint density at radius 2 is 1.89 bits per heavy atom. The third-order valence-electron chi connectivity index (χ3n) is 2.18. The number of hydrogen-bond acceptors (Lipinski definition) is 3. The van der Waals surface area contributed by atoms with Crippen LogP contribution in [0.2, 0.25) is 5.02 Å². The van der Waals surface area contributed by atoms with E-state index in [0.717, 1.165) is 5.56 Å². The van der Waals surface area contributed by atoms with E-state index in [1.165, 1.54) is 0 Å². The maximum absolute atomic E-state index is 11.6. The summed E-state index contributed by atoms with van der Waals surface area (Å²) in [7, 11) is 1.66. The van der Waals surface area contributed by atoms with E-state index >= 15 is 0 Å². The Kier molecular flexibility index (Phi) is 8.14. The number of nitrogens with one attached hydrogen (secondary N) is 3. The third-order valence-corrected chi connectivity index (χ3v) is 2.49. The standard InChI is InChI=1S/C12H16ClN3O2.ClH/c1-8-3-4-10(9(13)5-8)16-12(18)7-15-11(17)6-14-2;/h3-5,14H,6-7H2,1-2H3,(H,15,17)(H,16,18);1H. The van der Waals surface area contributed by atoms with Gasteiger partial charge in [-0.15, -0.1) is 12.4 Å². The van der Waals surface area contributed by atoms with Crippen LogP contribution in [0, 0.1) is 6.92 Å². The highest BCUT2D eigenvalue weighted by molar-refractivity contribution is 6.33. The van der Waals surface area contributed by atoms with Gasteiger partial charge in [0.1, 0.15) is 0 Å². The van der Waals surface area contributed by atoms with E-state index in [9.17, 15) is 9.59 Å². The zero-order chi connectivity index (χ0) is 13.5. The van der Waals surface area contributed by atoms with Gasteiger partial charge in [-0.25, -0.2) is 0 Å². The SMILES string of the molecule is CNCC(=O)NCC(=O)Nc1ccc(C)cc1Cl.Cl. The van der Waals surface area contributed by atoms with Gasteiger partial charge < -0.3 is 16.0 Å². The van der Waals surface area contributed by atoms with E-state index in [0.29, 0.717) is 10.7 Å². The number of halogens is 2. The normalized spacial score (nSPS) is 9.42. The van der Waals surface area contributed by atoms with Crippen LogP contribution in [0.15, 0.2) is 18.2 Å². The predicted octanol–water partition coefficient (Wildman–Crippen LogP) is 1.34. The first-order chi connectivity index (χ1) is 8.52. The van der Waals surface area contributed by atoms with Gasteiger partial charge in [-0.3, -0.25) is 9.59 Å². The summed E-state index contributed by atoms with van der Waals surface area (Å²) in [5.41, 5.74) is 1.55. The van der Waals surface area contributed by atoms with Gasteiger partial charge in [-0.05, 0) is 31.7 Å². The Balaban J connectivity index is 0.00000324. The smallest absolute Gasteiger partial charge is 0.243 e. The maximum Gasteiger partial charge on any atom is 0.243 e. The molecule has 1 aromatic carbocycles. The molecule has 0 saturated heterocycles. The van der Waals surface area contributed by atoms with Gasteiger partial charge in [0.15, 0.2) is 0 Å². The molecule has 0 aliphatic rings. The number of carbonyl (C=O) groups excluding carboxylic acids is 2. The van der Waals surface area contributed by atoms with Crippen LogP contribution in [0.3, 0.4) is 0 Å². The average molecular weight is 306 g/mol. The largest absolute Gasteiger partial charge is 0.346 e. The van der Waals surface area contributed by atoms with Crippen molar-refractivity contribution in [2.45, 2.75) is 6.92 Å². The van der Waals surface area contributed by atoms with E-state index in [1.54, 1.807) is 19.2 Å². The molecule has 1 rings (SSSR count). The number of aryl methyl sites for hydroxylation is 1. The maximum atomic E-state index is 11.6. The molecular weight excluding hydrogens is 289 g/mol. The van der Waals surface area contributed by atoms with E-state index in [-0.39, 0.29) is 37.3 Å². The second-order valence-corrected chi connectivity index (χ2v) is 4.25. The predicted molar refractivity (Wildman–Crippen MR) is 79.0 cm³/mol. The van der Waals surface area contributed by atoms with E-state index in [4.69, 9.17) is 11.6 Å². The summed E-state index contributed by atoms with van der Waals surface area (Å²) < 4.78 is 0. The second-order valence-electron chi connectivity index (χ2n) is 3.84. The number of rotatable bonds is 5. The lowest BCUT2D eigenvalue weighted by Crippen LogP contribution is -2.37. The van der Waals surface area contributed by atoms with Crippen molar-refractivity contribution in [2.24, 2.45) is 0 Å². The van der Waals surface area contributed by atoms with Gasteiger partial charge >= 0.3 is 0 Å². The molecule has 1 aromatic rings. The van der Waals surface area contributed by atoms with Crippen LogP contribution >= 0.6 is 24.0 Å². The van der Waals surface area contributed by atoms with Crippen molar-refractivity contribution in [1.82, 2.24) is 10.6 Å². The molecule has 0 saturated carbocycles. The molecule has 0 bridgehead atoms. The Morgan fingerprint density at radius 3 is 2.47 bits per heavy atom. The molecule has 106 valence electrons. The number of amides is 2. The minimum atomic E-state index is -0.315. The molecule has 7 heteroatoms. The van der Waals surface area contributed by atoms with Crippen molar-refractivity contribution in [3.8, 4) is 0 Å². The van der Waals surface area contributed by atoms with Gasteiger partial charge in [-0.1, -0.05) is 17.7 Å². The van der Waals surface area contributed by atoms with Crippen molar-refractivity contribution in [1.29, 1.82) is 0 Å². The highest BCUT2D eigenvalue weighted by atomic mass is 35.5. The third kappa shape index (κ3) is 6.42. The van der Waals surface area contributed by atoms with E-state index in [2.05, 4.69) is 16.0 Å². The summed E-state index contributed by atoms with van der Waals surface area (Å²) in [6.07, 6.45) is 0. The van der Waals surface area contributed by atoms with Crippen LogP contribution in [0.4, 0.5) is 5.69 Å². The van der Waals surface area contributed by atoms with Gasteiger partial charge in [0.2, 0.25) is 11.8 Å². The van der Waals surface area contributed by atoms with Crippen LogP contribution in [0.1, 0.15) is 5.56 Å². The number of carbonyl (C=O) groups is 2. The molecule has 0 spiro atoms. The molecule has 0 aliphatic carbocycles. The summed E-state index contributed by atoms with van der Waals surface area (Å²) >= 11 is 5.97. The number of hydrogen-bond donors (Lipinski definition) is 3. The molecular formula is C12H17Cl2N3O2. The highest BCUT2D eigenvalue weighted by Gasteiger charge is 2.07. The Morgan fingerprint density at radius 1 is 1.21 bits per heavy atom. The first kappa shape index (κ1) is 17.7. The summed E-state index contributed by atoms with van der Waals surface area (Å²) in [5, 5.41) is 8.27. The summed E-state index contributed by atoms with van der Waals surface area (Å²) in [6, 6.07) is 5.34. The molecule has 5 nitrogen and oxygen atoms in total. The lowest BCUT2D eigenvalue weighted by molar-refractivity contribution is -0.123. The molecule has 0 fully saturated rings. The zero-order valence-electron chi connectivity index (χ0n) is 10.7. The van der Waals surface area contributed by atoms with Gasteiger partial charge in [-0.2, -0.15) is 0 Å². The van der Waals surface area contributed by atoms with Crippen LogP contribution in [-0.2, 0) is 9.59 Å². The van der Waals surface area contributed by atoms with Crippen LogP contribution in [0.25, 0.3) is 0 Å². The molecule has 0 radical (unpaired) electrons. The first-order valence-electron chi connectivity index (χ1n) is 5.50. The number of likely N-dealkylation sites (N-methyl/N-ethyl adjacent to an activating group) is 1. The lowest BCUT2D eigenvalue weighted by atomic mass is 10.2. The van der Waals surface area contributed by atoms with Crippen molar-refractivity contribution >= 4 is 41.5 Å². The molecule has 0 aliphatic heterocycles. The fourth-order valence-electron chi connectivity index (χ4n) is 1.32. The topological polar surface area (TPSA) is 70.2 Å². The molecule has 0 heterocycles. The fourth-order valence-corrected chi connectivity index (χ4v) is 1.60. The minimum absolute atomic E-state index is 0. The Labute approximate surface area is 123 Å². The van der Waals surface area contributed by atoms with Gasteiger partial charge in [0.25, 0.3) is 0 Å². The molecule has 0 aromatic heterocycles. The van der Waals surface area contributed by atoms with E-state index < -0.39 is 0 Å². The fraction of sp³-hybridized carbons (Fsp3) is 0.333. The van der Waals surface area contributed by atoms with Gasteiger partial charge in [0.05, 0.1) is 23.8 Å². The van der Waals surface area contributed by atoms with Gasteiger partial charge in [0, 0.05) is 0 Å². The molecule has 19 heavy (non-hydrogen) atoms. The number of anilines is 1. The highest BCUT2D eigenvalue weighted by Crippen LogP contribution is 2.22. The number of benzene rings is 1. The zero-order valence-corrected chi connectivity index (χ0v) is 12.3. The molecule has 3 N–H and O–H groups in total. The molecule has 0 unspecified atom stereocenters. The van der Waals surface area contributed by atoms with Crippen LogP contribution in [0.5, 0.6) is 0 Å².